The fourth-order valence-electron chi connectivity index (χ4n) is 1.64. The highest BCUT2D eigenvalue weighted by molar-refractivity contribution is 9.10. The molecule has 4 heteroatoms. The molecular weight excluding hydrogens is 296 g/mol. The molecule has 98 valence electrons. The van der Waals surface area contributed by atoms with Crippen molar-refractivity contribution in [2.75, 3.05) is 6.61 Å². The summed E-state index contributed by atoms with van der Waals surface area (Å²) in [5, 5.41) is 0. The van der Waals surface area contributed by atoms with Crippen molar-refractivity contribution >= 4 is 27.7 Å². The molecule has 0 aliphatic heterocycles. The van der Waals surface area contributed by atoms with Crippen LogP contribution in [0.5, 0.6) is 0 Å². The van der Waals surface area contributed by atoms with Crippen molar-refractivity contribution in [3.63, 3.8) is 0 Å². The molecule has 1 rings (SSSR count). The number of ketones is 1. The molecule has 0 aliphatic rings. The van der Waals surface area contributed by atoms with Gasteiger partial charge in [0.25, 0.3) is 0 Å². The first kappa shape index (κ1) is 14.9. The van der Waals surface area contributed by atoms with E-state index < -0.39 is 5.97 Å². The van der Waals surface area contributed by atoms with Gasteiger partial charge in [-0.15, -0.1) is 0 Å². The summed E-state index contributed by atoms with van der Waals surface area (Å²) in [4.78, 5) is 23.1. The normalized spacial score (nSPS) is 11.9. The van der Waals surface area contributed by atoms with E-state index in [-0.39, 0.29) is 18.1 Å². The number of carbonyl (C=O) groups is 2. The maximum Gasteiger partial charge on any atom is 0.313 e. The second-order valence-corrected chi connectivity index (χ2v) is 5.00. The van der Waals surface area contributed by atoms with Crippen LogP contribution in [0, 0.1) is 5.92 Å². The Kier molecular flexibility index (Phi) is 6.05. The first-order valence-corrected chi connectivity index (χ1v) is 6.75. The van der Waals surface area contributed by atoms with E-state index in [9.17, 15) is 9.59 Å². The summed E-state index contributed by atoms with van der Waals surface area (Å²) in [6.07, 6.45) is 0.485. The van der Waals surface area contributed by atoms with Crippen molar-refractivity contribution in [1.29, 1.82) is 0 Å². The van der Waals surface area contributed by atoms with Crippen LogP contribution in [0.3, 0.4) is 0 Å². The SMILES string of the molecule is CCOC(=O)CC(=O)C(C)Cc1ccccc1Br. The molecule has 0 fully saturated rings. The van der Waals surface area contributed by atoms with E-state index in [0.29, 0.717) is 13.0 Å². The first-order chi connectivity index (χ1) is 8.54. The number of hydrogen-bond donors (Lipinski definition) is 0. The predicted octanol–water partition coefficient (Wildman–Crippen LogP) is 3.15. The number of esters is 1. The number of halogens is 1. The standard InChI is InChI=1S/C14H17BrO3/c1-3-18-14(17)9-13(16)10(2)8-11-6-4-5-7-12(11)15/h4-7,10H,3,8-9H2,1-2H3. The number of hydrogen-bond acceptors (Lipinski definition) is 3. The van der Waals surface area contributed by atoms with Gasteiger partial charge in [-0.3, -0.25) is 9.59 Å². The quantitative estimate of drug-likeness (QED) is 0.598. The smallest absolute Gasteiger partial charge is 0.313 e. The molecule has 0 aliphatic carbocycles. The van der Waals surface area contributed by atoms with Gasteiger partial charge in [0.2, 0.25) is 0 Å². The molecular formula is C14H17BrO3. The molecule has 1 aromatic carbocycles. The van der Waals surface area contributed by atoms with Gasteiger partial charge >= 0.3 is 5.97 Å². The van der Waals surface area contributed by atoms with E-state index >= 15 is 0 Å². The Morgan fingerprint density at radius 2 is 2.00 bits per heavy atom. The zero-order valence-corrected chi connectivity index (χ0v) is 12.2. The van der Waals surface area contributed by atoms with Crippen molar-refractivity contribution in [3.8, 4) is 0 Å². The third kappa shape index (κ3) is 4.61. The first-order valence-electron chi connectivity index (χ1n) is 5.96. The Labute approximate surface area is 116 Å². The second-order valence-electron chi connectivity index (χ2n) is 4.14. The van der Waals surface area contributed by atoms with Crippen LogP contribution in [0.4, 0.5) is 0 Å². The van der Waals surface area contributed by atoms with Crippen LogP contribution in [0.2, 0.25) is 0 Å². The molecule has 0 heterocycles. The zero-order valence-electron chi connectivity index (χ0n) is 10.6. The summed E-state index contributed by atoms with van der Waals surface area (Å²) in [7, 11) is 0. The molecule has 1 aromatic rings. The lowest BCUT2D eigenvalue weighted by molar-refractivity contribution is -0.146. The maximum atomic E-state index is 11.8. The third-order valence-electron chi connectivity index (χ3n) is 2.66. The van der Waals surface area contributed by atoms with E-state index in [1.807, 2.05) is 31.2 Å². The van der Waals surface area contributed by atoms with Gasteiger partial charge in [0.1, 0.15) is 12.2 Å². The lowest BCUT2D eigenvalue weighted by atomic mass is 9.95. The van der Waals surface area contributed by atoms with Gasteiger partial charge in [0.05, 0.1) is 6.61 Å². The largest absolute Gasteiger partial charge is 0.466 e. The van der Waals surface area contributed by atoms with E-state index in [1.54, 1.807) is 6.92 Å². The van der Waals surface area contributed by atoms with Gasteiger partial charge in [-0.1, -0.05) is 41.1 Å². The van der Waals surface area contributed by atoms with E-state index in [4.69, 9.17) is 4.74 Å². The molecule has 1 atom stereocenters. The van der Waals surface area contributed by atoms with Gasteiger partial charge < -0.3 is 4.74 Å². The molecule has 0 saturated carbocycles. The highest BCUT2D eigenvalue weighted by atomic mass is 79.9. The van der Waals surface area contributed by atoms with Crippen molar-refractivity contribution in [2.45, 2.75) is 26.7 Å². The van der Waals surface area contributed by atoms with Gasteiger partial charge in [-0.25, -0.2) is 0 Å². The van der Waals surface area contributed by atoms with E-state index in [2.05, 4.69) is 15.9 Å². The van der Waals surface area contributed by atoms with Crippen molar-refractivity contribution in [3.05, 3.63) is 34.3 Å². The molecule has 18 heavy (non-hydrogen) atoms. The predicted molar refractivity (Wildman–Crippen MR) is 73.3 cm³/mol. The van der Waals surface area contributed by atoms with Crippen LogP contribution >= 0.6 is 15.9 Å². The van der Waals surface area contributed by atoms with Crippen LogP contribution in [-0.2, 0) is 20.7 Å². The fourth-order valence-corrected chi connectivity index (χ4v) is 2.08. The second kappa shape index (κ2) is 7.31. The van der Waals surface area contributed by atoms with E-state index in [1.165, 1.54) is 0 Å². The van der Waals surface area contributed by atoms with Crippen molar-refractivity contribution in [2.24, 2.45) is 5.92 Å². The van der Waals surface area contributed by atoms with Gasteiger partial charge in [0, 0.05) is 10.4 Å². The van der Waals surface area contributed by atoms with Crippen LogP contribution in [0.25, 0.3) is 0 Å². The number of Topliss-reactive ketones (excluding diaryl/α,β-unsaturated/α-hetero) is 1. The minimum absolute atomic E-state index is 0.0794. The van der Waals surface area contributed by atoms with Crippen molar-refractivity contribution in [1.82, 2.24) is 0 Å². The van der Waals surface area contributed by atoms with Crippen LogP contribution < -0.4 is 0 Å². The molecule has 0 saturated heterocycles. The Morgan fingerprint density at radius 1 is 1.33 bits per heavy atom. The molecule has 0 radical (unpaired) electrons. The van der Waals surface area contributed by atoms with Gasteiger partial charge in [-0.05, 0) is 25.0 Å². The molecule has 0 bridgehead atoms. The Bertz CT molecular complexity index is 429. The van der Waals surface area contributed by atoms with Crippen LogP contribution in [0.1, 0.15) is 25.8 Å². The van der Waals surface area contributed by atoms with Crippen LogP contribution in [-0.4, -0.2) is 18.4 Å². The summed E-state index contributed by atoms with van der Waals surface area (Å²) in [5.74, 6) is -0.709. The molecule has 0 aromatic heterocycles. The lowest BCUT2D eigenvalue weighted by Gasteiger charge is -2.11. The zero-order chi connectivity index (χ0) is 13.5. The molecule has 0 amide bonds. The Morgan fingerprint density at radius 3 is 2.61 bits per heavy atom. The van der Waals surface area contributed by atoms with E-state index in [0.717, 1.165) is 10.0 Å². The minimum atomic E-state index is -0.443. The maximum absolute atomic E-state index is 11.8. The summed E-state index contributed by atoms with van der Waals surface area (Å²) in [5.41, 5.74) is 1.07. The molecule has 1 unspecified atom stereocenters. The Hall–Kier alpha value is -1.16. The topological polar surface area (TPSA) is 43.4 Å². The summed E-state index contributed by atoms with van der Waals surface area (Å²) in [6.45, 7) is 3.87. The van der Waals surface area contributed by atoms with Gasteiger partial charge in [-0.2, -0.15) is 0 Å². The summed E-state index contributed by atoms with van der Waals surface area (Å²) in [6, 6.07) is 7.78. The molecule has 0 N–H and O–H groups in total. The molecule has 3 nitrogen and oxygen atoms in total. The summed E-state index contributed by atoms with van der Waals surface area (Å²) >= 11 is 3.45. The minimum Gasteiger partial charge on any atom is -0.466 e. The average Bonchev–Trinajstić information content (AvgIpc) is 2.32. The van der Waals surface area contributed by atoms with Crippen LogP contribution in [0.15, 0.2) is 28.7 Å². The lowest BCUT2D eigenvalue weighted by Crippen LogP contribution is -2.19. The number of ether oxygens (including phenoxy) is 1. The Balaban J connectivity index is 2.55. The number of carbonyl (C=O) groups excluding carboxylic acids is 2. The monoisotopic (exact) mass is 312 g/mol. The number of rotatable bonds is 6. The number of benzene rings is 1. The van der Waals surface area contributed by atoms with Crippen molar-refractivity contribution < 1.29 is 14.3 Å². The average molecular weight is 313 g/mol. The fraction of sp³-hybridized carbons (Fsp3) is 0.429. The third-order valence-corrected chi connectivity index (χ3v) is 3.43. The van der Waals surface area contributed by atoms with Gasteiger partial charge in [0.15, 0.2) is 0 Å². The highest BCUT2D eigenvalue weighted by Crippen LogP contribution is 2.20. The molecule has 0 spiro atoms. The highest BCUT2D eigenvalue weighted by Gasteiger charge is 2.18. The summed E-state index contributed by atoms with van der Waals surface area (Å²) < 4.78 is 5.75.